The second kappa shape index (κ2) is 6.49. The topological polar surface area (TPSA) is 48.5 Å². The highest BCUT2D eigenvalue weighted by Crippen LogP contribution is 2.37. The van der Waals surface area contributed by atoms with Crippen molar-refractivity contribution < 1.29 is 0 Å². The molecule has 0 N–H and O–H groups in total. The summed E-state index contributed by atoms with van der Waals surface area (Å²) in [6.45, 7) is 0. The molecule has 7 rings (SSSR count). The number of nitrogens with zero attached hydrogens (tertiary/aromatic N) is 5. The van der Waals surface area contributed by atoms with Gasteiger partial charge in [-0.2, -0.15) is 0 Å². The van der Waals surface area contributed by atoms with Crippen molar-refractivity contribution in [3.8, 4) is 11.4 Å². The quantitative estimate of drug-likeness (QED) is 0.347. The smallest absolute Gasteiger partial charge is 0.0972 e. The summed E-state index contributed by atoms with van der Waals surface area (Å²) in [6, 6.07) is 27.2. The van der Waals surface area contributed by atoms with Gasteiger partial charge in [-0.25, -0.2) is 4.98 Å². The first-order valence-electron chi connectivity index (χ1n) is 10.5. The number of rotatable bonds is 2. The normalized spacial score (nSPS) is 11.8. The highest BCUT2D eigenvalue weighted by molar-refractivity contribution is 6.15. The Balaban J connectivity index is 1.71. The molecule has 5 aromatic heterocycles. The molecule has 2 aromatic carbocycles. The van der Waals surface area contributed by atoms with Gasteiger partial charge >= 0.3 is 0 Å². The van der Waals surface area contributed by atoms with E-state index in [2.05, 4.69) is 85.8 Å². The first kappa shape index (κ1) is 17.2. The van der Waals surface area contributed by atoms with Crippen LogP contribution in [-0.2, 0) is 0 Å². The zero-order valence-electron chi connectivity index (χ0n) is 17.1. The Bertz CT molecular complexity index is 1630. The molecule has 0 aliphatic carbocycles. The molecular weight excluding hydrogens is 394 g/mol. The number of hydrogen-bond donors (Lipinski definition) is 0. The van der Waals surface area contributed by atoms with Crippen molar-refractivity contribution in [1.29, 1.82) is 0 Å². The third kappa shape index (κ3) is 2.30. The molecule has 0 radical (unpaired) electrons. The minimum Gasteiger partial charge on any atom is -0.306 e. The van der Waals surface area contributed by atoms with Crippen LogP contribution in [-0.4, -0.2) is 24.1 Å². The lowest BCUT2D eigenvalue weighted by atomic mass is 10.2. The summed E-state index contributed by atoms with van der Waals surface area (Å²) in [4.78, 5) is 14.0. The minimum absolute atomic E-state index is 0.992. The van der Waals surface area contributed by atoms with E-state index in [1.807, 2.05) is 24.5 Å². The van der Waals surface area contributed by atoms with E-state index in [-0.39, 0.29) is 0 Å². The van der Waals surface area contributed by atoms with Gasteiger partial charge in [-0.1, -0.05) is 36.4 Å². The van der Waals surface area contributed by atoms with E-state index in [1.54, 1.807) is 12.4 Å². The van der Waals surface area contributed by atoms with Gasteiger partial charge < -0.3 is 9.13 Å². The lowest BCUT2D eigenvalue weighted by Crippen LogP contribution is -1.97. The van der Waals surface area contributed by atoms with Crippen LogP contribution in [0.5, 0.6) is 0 Å². The zero-order chi connectivity index (χ0) is 21.1. The SMILES string of the molecule is c1cncc(-n2c3ccccc3c3nc4c5ccccc5n(-c5cccnc5)c4cc32)c1. The zero-order valence-corrected chi connectivity index (χ0v) is 17.1. The molecule has 5 heteroatoms. The van der Waals surface area contributed by atoms with Crippen LogP contribution in [0.3, 0.4) is 0 Å². The van der Waals surface area contributed by atoms with Gasteiger partial charge in [0.15, 0.2) is 0 Å². The van der Waals surface area contributed by atoms with Gasteiger partial charge in [0.2, 0.25) is 0 Å². The van der Waals surface area contributed by atoms with Gasteiger partial charge in [0.25, 0.3) is 0 Å². The second-order valence-corrected chi connectivity index (χ2v) is 7.85. The fraction of sp³-hybridized carbons (Fsp3) is 0. The number of para-hydroxylation sites is 2. The van der Waals surface area contributed by atoms with Crippen molar-refractivity contribution in [2.24, 2.45) is 0 Å². The number of aromatic nitrogens is 5. The van der Waals surface area contributed by atoms with Crippen molar-refractivity contribution >= 4 is 43.9 Å². The molecule has 7 aromatic rings. The Labute approximate surface area is 183 Å². The maximum Gasteiger partial charge on any atom is 0.0972 e. The van der Waals surface area contributed by atoms with E-state index >= 15 is 0 Å². The average molecular weight is 411 g/mol. The Morgan fingerprint density at radius 3 is 1.47 bits per heavy atom. The van der Waals surface area contributed by atoms with Crippen LogP contribution < -0.4 is 0 Å². The highest BCUT2D eigenvalue weighted by atomic mass is 15.0. The summed E-state index contributed by atoms with van der Waals surface area (Å²) in [6.07, 6.45) is 7.39. The summed E-state index contributed by atoms with van der Waals surface area (Å²) < 4.78 is 4.49. The predicted molar refractivity (Wildman–Crippen MR) is 129 cm³/mol. The summed E-state index contributed by atoms with van der Waals surface area (Å²) in [5.41, 5.74) is 8.37. The lowest BCUT2D eigenvalue weighted by molar-refractivity contribution is 1.13. The van der Waals surface area contributed by atoms with Crippen LogP contribution in [0, 0.1) is 0 Å². The average Bonchev–Trinajstić information content (AvgIpc) is 3.36. The molecule has 0 unspecified atom stereocenters. The van der Waals surface area contributed by atoms with Gasteiger partial charge in [0.1, 0.15) is 0 Å². The molecule has 0 atom stereocenters. The Kier molecular flexibility index (Phi) is 3.49. The van der Waals surface area contributed by atoms with E-state index in [0.29, 0.717) is 0 Å². The highest BCUT2D eigenvalue weighted by Gasteiger charge is 2.19. The molecule has 0 bridgehead atoms. The van der Waals surface area contributed by atoms with E-state index in [1.165, 1.54) is 0 Å². The maximum atomic E-state index is 5.24. The number of fused-ring (bicyclic) bond motifs is 6. The Morgan fingerprint density at radius 2 is 1.00 bits per heavy atom. The molecule has 0 fully saturated rings. The summed E-state index contributed by atoms with van der Waals surface area (Å²) >= 11 is 0. The van der Waals surface area contributed by atoms with Crippen LogP contribution in [0.15, 0.2) is 104 Å². The van der Waals surface area contributed by atoms with Gasteiger partial charge in [0.05, 0.1) is 56.9 Å². The summed E-state index contributed by atoms with van der Waals surface area (Å²) in [5.74, 6) is 0. The molecule has 0 amide bonds. The van der Waals surface area contributed by atoms with Crippen molar-refractivity contribution in [3.05, 3.63) is 104 Å². The molecule has 32 heavy (non-hydrogen) atoms. The fourth-order valence-corrected chi connectivity index (χ4v) is 4.76. The maximum absolute atomic E-state index is 5.24. The molecule has 5 heterocycles. The summed E-state index contributed by atoms with van der Waals surface area (Å²) in [7, 11) is 0. The molecule has 0 aliphatic heterocycles. The molecule has 0 saturated heterocycles. The molecule has 150 valence electrons. The van der Waals surface area contributed by atoms with Gasteiger partial charge in [-0.15, -0.1) is 0 Å². The van der Waals surface area contributed by atoms with Crippen LogP contribution in [0.2, 0.25) is 0 Å². The third-order valence-corrected chi connectivity index (χ3v) is 6.07. The standard InChI is InChI=1S/C27H17N5/c1-3-11-22-20(9-1)26-24(31(22)18-7-5-13-28-16-18)15-25-27(30-26)21-10-2-4-12-23(21)32(25)19-8-6-14-29-17-19/h1-17H. The lowest BCUT2D eigenvalue weighted by Gasteiger charge is -2.09. The van der Waals surface area contributed by atoms with Crippen molar-refractivity contribution in [3.63, 3.8) is 0 Å². The van der Waals surface area contributed by atoms with Gasteiger partial charge in [0, 0.05) is 23.2 Å². The third-order valence-electron chi connectivity index (χ3n) is 6.07. The van der Waals surface area contributed by atoms with Crippen LogP contribution in [0.1, 0.15) is 0 Å². The first-order chi connectivity index (χ1) is 15.9. The Morgan fingerprint density at radius 1 is 0.500 bits per heavy atom. The Hall–Kier alpha value is -4.51. The molecule has 0 saturated carbocycles. The van der Waals surface area contributed by atoms with Gasteiger partial charge in [-0.05, 0) is 42.5 Å². The number of hydrogen-bond acceptors (Lipinski definition) is 3. The molecule has 0 aliphatic rings. The molecular formula is C27H17N5. The van der Waals surface area contributed by atoms with Crippen LogP contribution >= 0.6 is 0 Å². The summed E-state index contributed by atoms with van der Waals surface area (Å²) in [5, 5.41) is 2.26. The van der Waals surface area contributed by atoms with Crippen LogP contribution in [0.25, 0.3) is 55.2 Å². The van der Waals surface area contributed by atoms with Gasteiger partial charge in [-0.3, -0.25) is 9.97 Å². The van der Waals surface area contributed by atoms with E-state index in [0.717, 1.165) is 55.2 Å². The number of benzene rings is 2. The largest absolute Gasteiger partial charge is 0.306 e. The monoisotopic (exact) mass is 411 g/mol. The predicted octanol–water partition coefficient (Wildman–Crippen LogP) is 6.07. The molecule has 5 nitrogen and oxygen atoms in total. The first-order valence-corrected chi connectivity index (χ1v) is 10.5. The van der Waals surface area contributed by atoms with Crippen molar-refractivity contribution in [2.75, 3.05) is 0 Å². The van der Waals surface area contributed by atoms with Crippen molar-refractivity contribution in [1.82, 2.24) is 24.1 Å². The van der Waals surface area contributed by atoms with Crippen LogP contribution in [0.4, 0.5) is 0 Å². The number of pyridine rings is 3. The van der Waals surface area contributed by atoms with E-state index < -0.39 is 0 Å². The van der Waals surface area contributed by atoms with E-state index in [4.69, 9.17) is 4.98 Å². The fourth-order valence-electron chi connectivity index (χ4n) is 4.76. The molecule has 0 spiro atoms. The second-order valence-electron chi connectivity index (χ2n) is 7.85. The van der Waals surface area contributed by atoms with E-state index in [9.17, 15) is 0 Å². The van der Waals surface area contributed by atoms with Crippen molar-refractivity contribution in [2.45, 2.75) is 0 Å². The minimum atomic E-state index is 0.992.